The molecule has 0 radical (unpaired) electrons. The monoisotopic (exact) mass is 268 g/mol. The van der Waals surface area contributed by atoms with Gasteiger partial charge < -0.3 is 10.6 Å². The number of carbonyl (C=O) groups excluding carboxylic acids is 2. The van der Waals surface area contributed by atoms with E-state index in [0.717, 1.165) is 12.0 Å². The summed E-state index contributed by atoms with van der Waals surface area (Å²) >= 11 is 0. The van der Waals surface area contributed by atoms with Crippen LogP contribution in [0.15, 0.2) is 36.7 Å². The summed E-state index contributed by atoms with van der Waals surface area (Å²) in [6.07, 6.45) is 3.72. The Morgan fingerprint density at radius 1 is 1.25 bits per heavy atom. The number of nitrogens with zero attached hydrogens (tertiary/aromatic N) is 2. The minimum Gasteiger partial charge on any atom is -0.352 e. The highest BCUT2D eigenvalue weighted by Gasteiger charge is 2.18. The first-order valence-electron chi connectivity index (χ1n) is 6.23. The molecule has 0 aliphatic carbocycles. The zero-order valence-electron chi connectivity index (χ0n) is 10.6. The van der Waals surface area contributed by atoms with Crippen LogP contribution in [0.4, 0.5) is 5.69 Å². The van der Waals surface area contributed by atoms with Gasteiger partial charge in [-0.25, -0.2) is 0 Å². The molecular formula is C14H12N4O2. The van der Waals surface area contributed by atoms with Crippen LogP contribution in [0.1, 0.15) is 26.3 Å². The molecule has 6 heteroatoms. The van der Waals surface area contributed by atoms with E-state index < -0.39 is 0 Å². The van der Waals surface area contributed by atoms with Gasteiger partial charge >= 0.3 is 0 Å². The van der Waals surface area contributed by atoms with Crippen LogP contribution in [0, 0.1) is 0 Å². The maximum atomic E-state index is 12.1. The molecule has 0 bridgehead atoms. The molecule has 6 nitrogen and oxygen atoms in total. The Kier molecular flexibility index (Phi) is 3.12. The third-order valence-corrected chi connectivity index (χ3v) is 3.13. The molecule has 1 aromatic carbocycles. The van der Waals surface area contributed by atoms with Crippen molar-refractivity contribution in [2.24, 2.45) is 0 Å². The van der Waals surface area contributed by atoms with Gasteiger partial charge in [0.05, 0.1) is 18.1 Å². The second kappa shape index (κ2) is 5.08. The largest absolute Gasteiger partial charge is 0.352 e. The lowest BCUT2D eigenvalue weighted by molar-refractivity contribution is 0.0944. The molecule has 20 heavy (non-hydrogen) atoms. The van der Waals surface area contributed by atoms with Crippen LogP contribution in [-0.2, 0) is 6.42 Å². The zero-order valence-corrected chi connectivity index (χ0v) is 10.6. The number of hydrogen-bond acceptors (Lipinski definition) is 4. The van der Waals surface area contributed by atoms with E-state index in [0.29, 0.717) is 23.4 Å². The van der Waals surface area contributed by atoms with Crippen molar-refractivity contribution in [3.8, 4) is 0 Å². The third-order valence-electron chi connectivity index (χ3n) is 3.13. The van der Waals surface area contributed by atoms with Crippen molar-refractivity contribution in [3.63, 3.8) is 0 Å². The third kappa shape index (κ3) is 2.35. The summed E-state index contributed by atoms with van der Waals surface area (Å²) in [5.74, 6) is -0.316. The van der Waals surface area contributed by atoms with Crippen molar-refractivity contribution in [3.05, 3.63) is 53.3 Å². The smallest absolute Gasteiger partial charge is 0.255 e. The Hall–Kier alpha value is -2.76. The first-order valence-corrected chi connectivity index (χ1v) is 6.23. The Bertz CT molecular complexity index is 670. The standard InChI is InChI=1S/C14H12N4O2/c19-13(18-11-4-6-16-17-8-11)10-1-2-12-9(7-10)3-5-15-14(12)20/h1-2,4,6-8H,3,5H2,(H,15,20)(H,16,18,19). The van der Waals surface area contributed by atoms with E-state index in [1.54, 1.807) is 24.3 Å². The summed E-state index contributed by atoms with van der Waals surface area (Å²) in [7, 11) is 0. The van der Waals surface area contributed by atoms with Crippen LogP contribution < -0.4 is 10.6 Å². The average molecular weight is 268 g/mol. The lowest BCUT2D eigenvalue weighted by Gasteiger charge is -2.17. The second-order valence-corrected chi connectivity index (χ2v) is 4.46. The minimum absolute atomic E-state index is 0.0865. The van der Waals surface area contributed by atoms with Crippen LogP contribution in [0.5, 0.6) is 0 Å². The van der Waals surface area contributed by atoms with E-state index in [1.807, 2.05) is 0 Å². The summed E-state index contributed by atoms with van der Waals surface area (Å²) in [5.41, 5.74) is 2.64. The summed E-state index contributed by atoms with van der Waals surface area (Å²) < 4.78 is 0. The molecule has 1 aliphatic heterocycles. The summed E-state index contributed by atoms with van der Waals surface area (Å²) in [4.78, 5) is 23.8. The van der Waals surface area contributed by atoms with E-state index in [-0.39, 0.29) is 11.8 Å². The number of fused-ring (bicyclic) bond motifs is 1. The fourth-order valence-corrected chi connectivity index (χ4v) is 2.14. The molecule has 3 rings (SSSR count). The van der Waals surface area contributed by atoms with E-state index >= 15 is 0 Å². The molecule has 100 valence electrons. The molecule has 1 aromatic heterocycles. The molecule has 2 amide bonds. The number of benzene rings is 1. The highest BCUT2D eigenvalue weighted by atomic mass is 16.2. The topological polar surface area (TPSA) is 84.0 Å². The fraction of sp³-hybridized carbons (Fsp3) is 0.143. The number of amides is 2. The van der Waals surface area contributed by atoms with Crippen molar-refractivity contribution in [2.45, 2.75) is 6.42 Å². The first-order chi connectivity index (χ1) is 9.74. The molecule has 0 fully saturated rings. The van der Waals surface area contributed by atoms with Crippen LogP contribution in [-0.4, -0.2) is 28.6 Å². The number of hydrogen-bond donors (Lipinski definition) is 2. The minimum atomic E-state index is -0.230. The van der Waals surface area contributed by atoms with E-state index in [2.05, 4.69) is 20.8 Å². The first kappa shape index (κ1) is 12.3. The molecule has 2 N–H and O–H groups in total. The molecule has 0 spiro atoms. The normalized spacial score (nSPS) is 13.3. The number of anilines is 1. The molecule has 2 aromatic rings. The second-order valence-electron chi connectivity index (χ2n) is 4.46. The molecule has 0 saturated carbocycles. The molecule has 1 aliphatic rings. The van der Waals surface area contributed by atoms with Gasteiger partial charge in [0.1, 0.15) is 0 Å². The van der Waals surface area contributed by atoms with Gasteiger partial charge in [0.2, 0.25) is 0 Å². The van der Waals surface area contributed by atoms with Crippen LogP contribution in [0.2, 0.25) is 0 Å². The molecule has 0 atom stereocenters. The van der Waals surface area contributed by atoms with Gasteiger partial charge in [0.15, 0.2) is 0 Å². The quantitative estimate of drug-likeness (QED) is 0.851. The summed E-state index contributed by atoms with van der Waals surface area (Å²) in [5, 5.41) is 12.8. The van der Waals surface area contributed by atoms with Crippen LogP contribution in [0.3, 0.4) is 0 Å². The Balaban J connectivity index is 1.84. The SMILES string of the molecule is O=C(Nc1ccnnc1)c1ccc2c(c1)CCNC2=O. The molecule has 0 unspecified atom stereocenters. The lowest BCUT2D eigenvalue weighted by Crippen LogP contribution is -2.32. The van der Waals surface area contributed by atoms with Crippen molar-refractivity contribution < 1.29 is 9.59 Å². The average Bonchev–Trinajstić information content (AvgIpc) is 2.48. The number of nitrogens with one attached hydrogen (secondary N) is 2. The predicted octanol–water partition coefficient (Wildman–Crippen LogP) is 1.01. The molecule has 0 saturated heterocycles. The Labute approximate surface area is 115 Å². The number of rotatable bonds is 2. The van der Waals surface area contributed by atoms with Gasteiger partial charge in [-0.15, -0.1) is 0 Å². The van der Waals surface area contributed by atoms with Gasteiger partial charge in [0.25, 0.3) is 11.8 Å². The highest BCUT2D eigenvalue weighted by Crippen LogP contribution is 2.17. The van der Waals surface area contributed by atoms with E-state index in [4.69, 9.17) is 0 Å². The predicted molar refractivity (Wildman–Crippen MR) is 72.5 cm³/mol. The summed E-state index contributed by atoms with van der Waals surface area (Å²) in [6, 6.07) is 6.76. The van der Waals surface area contributed by atoms with Gasteiger partial charge in [-0.3, -0.25) is 9.59 Å². The highest BCUT2D eigenvalue weighted by molar-refractivity contribution is 6.05. The van der Waals surface area contributed by atoms with Gasteiger partial charge in [-0.1, -0.05) is 0 Å². The van der Waals surface area contributed by atoms with Crippen molar-refractivity contribution in [1.29, 1.82) is 0 Å². The van der Waals surface area contributed by atoms with Crippen LogP contribution >= 0.6 is 0 Å². The van der Waals surface area contributed by atoms with Crippen molar-refractivity contribution >= 4 is 17.5 Å². The maximum absolute atomic E-state index is 12.1. The zero-order chi connectivity index (χ0) is 13.9. The Morgan fingerprint density at radius 3 is 2.95 bits per heavy atom. The number of carbonyl (C=O) groups is 2. The molecular weight excluding hydrogens is 256 g/mol. The summed E-state index contributed by atoms with van der Waals surface area (Å²) in [6.45, 7) is 0.602. The van der Waals surface area contributed by atoms with Crippen molar-refractivity contribution in [2.75, 3.05) is 11.9 Å². The van der Waals surface area contributed by atoms with Crippen molar-refractivity contribution in [1.82, 2.24) is 15.5 Å². The molecule has 2 heterocycles. The maximum Gasteiger partial charge on any atom is 0.255 e. The number of aromatic nitrogens is 2. The van der Waals surface area contributed by atoms with Gasteiger partial charge in [-0.05, 0) is 36.2 Å². The fourth-order valence-electron chi connectivity index (χ4n) is 2.14. The van der Waals surface area contributed by atoms with Gasteiger partial charge in [0, 0.05) is 17.7 Å². The lowest BCUT2D eigenvalue weighted by atomic mass is 9.97. The van der Waals surface area contributed by atoms with E-state index in [9.17, 15) is 9.59 Å². The van der Waals surface area contributed by atoms with E-state index in [1.165, 1.54) is 12.4 Å². The van der Waals surface area contributed by atoms with Crippen LogP contribution in [0.25, 0.3) is 0 Å². The Morgan fingerprint density at radius 2 is 2.15 bits per heavy atom. The van der Waals surface area contributed by atoms with Gasteiger partial charge in [-0.2, -0.15) is 10.2 Å².